The number of guanidine groups is 1. The standard InChI is InChI=1S/C21H36N4O.HI/c1-4-18-6-8-19(9-7-18)10-13-23-21(22-5-2)24-20-11-14-25(15-12-20)16-17-26-3;/h6-9,20H,4-5,10-17H2,1-3H3,(H2,22,23,24);1H. The Morgan fingerprint density at radius 2 is 1.81 bits per heavy atom. The maximum absolute atomic E-state index is 5.18. The second-order valence-electron chi connectivity index (χ2n) is 6.93. The summed E-state index contributed by atoms with van der Waals surface area (Å²) in [4.78, 5) is 7.25. The van der Waals surface area contributed by atoms with Gasteiger partial charge in [0.25, 0.3) is 0 Å². The van der Waals surface area contributed by atoms with Crippen LogP contribution in [0.25, 0.3) is 0 Å². The van der Waals surface area contributed by atoms with Gasteiger partial charge in [-0.1, -0.05) is 31.2 Å². The van der Waals surface area contributed by atoms with Crippen LogP contribution >= 0.6 is 24.0 Å². The average Bonchev–Trinajstić information content (AvgIpc) is 2.68. The molecule has 6 heteroatoms. The van der Waals surface area contributed by atoms with Crippen molar-refractivity contribution in [1.29, 1.82) is 0 Å². The van der Waals surface area contributed by atoms with Gasteiger partial charge in [-0.05, 0) is 43.7 Å². The second kappa shape index (κ2) is 14.2. The van der Waals surface area contributed by atoms with Crippen LogP contribution in [-0.4, -0.2) is 63.3 Å². The molecule has 1 heterocycles. The predicted molar refractivity (Wildman–Crippen MR) is 125 cm³/mol. The molecule has 0 atom stereocenters. The fourth-order valence-electron chi connectivity index (χ4n) is 3.27. The number of nitrogens with one attached hydrogen (secondary N) is 2. The van der Waals surface area contributed by atoms with E-state index in [-0.39, 0.29) is 24.0 Å². The van der Waals surface area contributed by atoms with Crippen LogP contribution in [0.1, 0.15) is 37.8 Å². The zero-order valence-corrected chi connectivity index (χ0v) is 19.5. The lowest BCUT2D eigenvalue weighted by Gasteiger charge is -2.32. The minimum atomic E-state index is 0. The summed E-state index contributed by atoms with van der Waals surface area (Å²) in [6.45, 7) is 10.1. The van der Waals surface area contributed by atoms with Crippen molar-refractivity contribution in [2.75, 3.05) is 46.4 Å². The van der Waals surface area contributed by atoms with Crippen molar-refractivity contribution < 1.29 is 4.74 Å². The number of aliphatic imine (C=N–C) groups is 1. The lowest BCUT2D eigenvalue weighted by atomic mass is 10.1. The number of methoxy groups -OCH3 is 1. The maximum Gasteiger partial charge on any atom is 0.191 e. The lowest BCUT2D eigenvalue weighted by Crippen LogP contribution is -2.49. The SMILES string of the molecule is CCNC(=NCCc1ccc(CC)cc1)NC1CCN(CCOC)CC1.I. The summed E-state index contributed by atoms with van der Waals surface area (Å²) in [6.07, 6.45) is 4.40. The van der Waals surface area contributed by atoms with Crippen LogP contribution in [0.4, 0.5) is 0 Å². The number of benzene rings is 1. The third kappa shape index (κ3) is 9.25. The van der Waals surface area contributed by atoms with Gasteiger partial charge >= 0.3 is 0 Å². The molecule has 0 bridgehead atoms. The molecule has 1 aromatic carbocycles. The molecule has 0 amide bonds. The third-order valence-corrected chi connectivity index (χ3v) is 4.99. The quantitative estimate of drug-likeness (QED) is 0.319. The zero-order valence-electron chi connectivity index (χ0n) is 17.2. The highest BCUT2D eigenvalue weighted by atomic mass is 127. The Kier molecular flexibility index (Phi) is 12.7. The van der Waals surface area contributed by atoms with Crippen LogP contribution in [0.2, 0.25) is 0 Å². The van der Waals surface area contributed by atoms with Gasteiger partial charge in [0.05, 0.1) is 6.61 Å². The first-order chi connectivity index (χ1) is 12.7. The zero-order chi connectivity index (χ0) is 18.6. The lowest BCUT2D eigenvalue weighted by molar-refractivity contribution is 0.128. The summed E-state index contributed by atoms with van der Waals surface area (Å²) in [5.41, 5.74) is 2.75. The fourth-order valence-corrected chi connectivity index (χ4v) is 3.27. The average molecular weight is 488 g/mol. The molecule has 1 aliphatic rings. The van der Waals surface area contributed by atoms with Crippen LogP contribution in [0.5, 0.6) is 0 Å². The maximum atomic E-state index is 5.18. The van der Waals surface area contributed by atoms with E-state index in [1.54, 1.807) is 7.11 Å². The van der Waals surface area contributed by atoms with Crippen molar-refractivity contribution in [3.63, 3.8) is 0 Å². The van der Waals surface area contributed by atoms with Crippen molar-refractivity contribution in [3.8, 4) is 0 Å². The molecule has 27 heavy (non-hydrogen) atoms. The molecular weight excluding hydrogens is 451 g/mol. The Labute approximate surface area is 182 Å². The molecule has 2 rings (SSSR count). The van der Waals surface area contributed by atoms with Crippen LogP contribution < -0.4 is 10.6 Å². The Hall–Kier alpha value is -0.860. The number of hydrogen-bond donors (Lipinski definition) is 2. The minimum Gasteiger partial charge on any atom is -0.383 e. The topological polar surface area (TPSA) is 48.9 Å². The van der Waals surface area contributed by atoms with Gasteiger partial charge in [-0.15, -0.1) is 24.0 Å². The summed E-state index contributed by atoms with van der Waals surface area (Å²) in [5.74, 6) is 0.952. The number of ether oxygens (including phenoxy) is 1. The molecule has 0 radical (unpaired) electrons. The number of nitrogens with zero attached hydrogens (tertiary/aromatic N) is 2. The Bertz CT molecular complexity index is 527. The highest BCUT2D eigenvalue weighted by Crippen LogP contribution is 2.10. The molecule has 5 nitrogen and oxygen atoms in total. The first-order valence-corrected chi connectivity index (χ1v) is 10.1. The second-order valence-corrected chi connectivity index (χ2v) is 6.93. The minimum absolute atomic E-state index is 0. The molecule has 2 N–H and O–H groups in total. The monoisotopic (exact) mass is 488 g/mol. The number of piperidine rings is 1. The van der Waals surface area contributed by atoms with Crippen LogP contribution in [0.15, 0.2) is 29.3 Å². The first-order valence-electron chi connectivity index (χ1n) is 10.1. The summed E-state index contributed by atoms with van der Waals surface area (Å²) < 4.78 is 5.18. The van der Waals surface area contributed by atoms with Crippen molar-refractivity contribution in [2.45, 2.75) is 45.6 Å². The summed E-state index contributed by atoms with van der Waals surface area (Å²) in [7, 11) is 1.77. The van der Waals surface area contributed by atoms with Crippen molar-refractivity contribution in [1.82, 2.24) is 15.5 Å². The normalized spacial score (nSPS) is 16.0. The molecule has 1 aliphatic heterocycles. The Balaban J connectivity index is 0.00000364. The smallest absolute Gasteiger partial charge is 0.191 e. The number of likely N-dealkylation sites (tertiary alicyclic amines) is 1. The Morgan fingerprint density at radius 1 is 1.15 bits per heavy atom. The van der Waals surface area contributed by atoms with Gasteiger partial charge in [0.15, 0.2) is 5.96 Å². The molecule has 0 aromatic heterocycles. The fraction of sp³-hybridized carbons (Fsp3) is 0.667. The van der Waals surface area contributed by atoms with E-state index in [1.165, 1.54) is 11.1 Å². The molecule has 1 fully saturated rings. The van der Waals surface area contributed by atoms with Crippen LogP contribution in [-0.2, 0) is 17.6 Å². The molecule has 1 saturated heterocycles. The van der Waals surface area contributed by atoms with Gasteiger partial charge in [-0.25, -0.2) is 0 Å². The molecule has 0 saturated carbocycles. The van der Waals surface area contributed by atoms with E-state index < -0.39 is 0 Å². The third-order valence-electron chi connectivity index (χ3n) is 4.99. The first kappa shape index (κ1) is 24.2. The number of halogens is 1. The predicted octanol–water partition coefficient (Wildman–Crippen LogP) is 3.08. The number of rotatable bonds is 9. The van der Waals surface area contributed by atoms with E-state index in [2.05, 4.69) is 53.6 Å². The van der Waals surface area contributed by atoms with Gasteiger partial charge < -0.3 is 20.3 Å². The molecule has 0 spiro atoms. The molecule has 1 aromatic rings. The summed E-state index contributed by atoms with van der Waals surface area (Å²) in [5, 5.41) is 7.00. The van der Waals surface area contributed by atoms with Crippen molar-refractivity contribution in [2.24, 2.45) is 4.99 Å². The molecule has 154 valence electrons. The largest absolute Gasteiger partial charge is 0.383 e. The Morgan fingerprint density at radius 3 is 2.41 bits per heavy atom. The van der Waals surface area contributed by atoms with E-state index in [0.29, 0.717) is 6.04 Å². The number of hydrogen-bond acceptors (Lipinski definition) is 3. The highest BCUT2D eigenvalue weighted by molar-refractivity contribution is 14.0. The van der Waals surface area contributed by atoms with Gasteiger partial charge in [0, 0.05) is 45.9 Å². The molecule has 0 aliphatic carbocycles. The van der Waals surface area contributed by atoms with E-state index >= 15 is 0 Å². The number of aryl methyl sites for hydroxylation is 1. The van der Waals surface area contributed by atoms with Crippen molar-refractivity contribution >= 4 is 29.9 Å². The highest BCUT2D eigenvalue weighted by Gasteiger charge is 2.19. The summed E-state index contributed by atoms with van der Waals surface area (Å²) >= 11 is 0. The summed E-state index contributed by atoms with van der Waals surface area (Å²) in [6, 6.07) is 9.41. The molecule has 0 unspecified atom stereocenters. The van der Waals surface area contributed by atoms with Crippen molar-refractivity contribution in [3.05, 3.63) is 35.4 Å². The van der Waals surface area contributed by atoms with Gasteiger partial charge in [-0.2, -0.15) is 0 Å². The van der Waals surface area contributed by atoms with Gasteiger partial charge in [0.1, 0.15) is 0 Å². The van der Waals surface area contributed by atoms with Crippen LogP contribution in [0.3, 0.4) is 0 Å². The van der Waals surface area contributed by atoms with E-state index in [4.69, 9.17) is 9.73 Å². The van der Waals surface area contributed by atoms with E-state index in [1.807, 2.05) is 0 Å². The molecular formula is C21H37IN4O. The van der Waals surface area contributed by atoms with Gasteiger partial charge in [-0.3, -0.25) is 4.99 Å². The van der Waals surface area contributed by atoms with E-state index in [0.717, 1.165) is 71.0 Å². The van der Waals surface area contributed by atoms with E-state index in [9.17, 15) is 0 Å². The van der Waals surface area contributed by atoms with Gasteiger partial charge in [0.2, 0.25) is 0 Å². The van der Waals surface area contributed by atoms with Crippen LogP contribution in [0, 0.1) is 0 Å².